The molecule has 0 unspecified atom stereocenters. The summed E-state index contributed by atoms with van der Waals surface area (Å²) in [5, 5.41) is 0. The number of hydrogen-bond donors (Lipinski definition) is 0. The topological polar surface area (TPSA) is 33.4 Å². The molecule has 1 aliphatic carbocycles. The van der Waals surface area contributed by atoms with Gasteiger partial charge < -0.3 is 4.90 Å². The second-order valence-corrected chi connectivity index (χ2v) is 9.66. The third-order valence-corrected chi connectivity index (χ3v) is 8.37. The second-order valence-electron chi connectivity index (χ2n) is 9.66. The van der Waals surface area contributed by atoms with Crippen LogP contribution in [0, 0.1) is 31.5 Å². The van der Waals surface area contributed by atoms with E-state index in [0.717, 1.165) is 54.2 Å². The Hall–Kier alpha value is -3.21. The smallest absolute Gasteiger partial charge is 0.154 e. The van der Waals surface area contributed by atoms with E-state index in [9.17, 15) is 4.39 Å². The molecule has 0 amide bonds. The molecule has 0 spiro atoms. The molecular formula is C28H29FN4. The zero-order chi connectivity index (χ0) is 22.7. The molecule has 0 N–H and O–H groups in total. The van der Waals surface area contributed by atoms with E-state index in [1.807, 2.05) is 30.7 Å². The molecule has 4 nitrogen and oxygen atoms in total. The third kappa shape index (κ3) is 2.87. The molecule has 1 saturated heterocycles. The van der Waals surface area contributed by atoms with E-state index in [1.165, 1.54) is 11.1 Å². The summed E-state index contributed by atoms with van der Waals surface area (Å²) < 4.78 is 16.9. The molecule has 2 aliphatic rings. The summed E-state index contributed by atoms with van der Waals surface area (Å²) in [4.78, 5) is 12.0. The Morgan fingerprint density at radius 3 is 2.73 bits per heavy atom. The zero-order valence-electron chi connectivity index (χ0n) is 19.4. The Labute approximate surface area is 194 Å². The molecule has 168 valence electrons. The van der Waals surface area contributed by atoms with Gasteiger partial charge in [0.15, 0.2) is 5.82 Å². The first-order chi connectivity index (χ1) is 16.1. The van der Waals surface area contributed by atoms with Crippen molar-refractivity contribution >= 4 is 11.3 Å². The van der Waals surface area contributed by atoms with E-state index in [1.54, 1.807) is 12.1 Å². The summed E-state index contributed by atoms with van der Waals surface area (Å²) in [6.45, 7) is 8.34. The van der Waals surface area contributed by atoms with Crippen molar-refractivity contribution in [3.63, 3.8) is 0 Å². The number of benzene rings is 2. The van der Waals surface area contributed by atoms with E-state index >= 15 is 0 Å². The van der Waals surface area contributed by atoms with Crippen LogP contribution in [0.15, 0.2) is 61.1 Å². The van der Waals surface area contributed by atoms with Crippen LogP contribution in [-0.2, 0) is 5.41 Å². The van der Waals surface area contributed by atoms with Crippen molar-refractivity contribution in [2.75, 3.05) is 18.0 Å². The Morgan fingerprint density at radius 1 is 1.06 bits per heavy atom. The number of halogens is 1. The van der Waals surface area contributed by atoms with Gasteiger partial charge in [-0.25, -0.2) is 14.4 Å². The lowest BCUT2D eigenvalue weighted by molar-refractivity contribution is 0.516. The van der Waals surface area contributed by atoms with E-state index in [4.69, 9.17) is 9.97 Å². The molecule has 2 aromatic carbocycles. The van der Waals surface area contributed by atoms with Gasteiger partial charge >= 0.3 is 0 Å². The van der Waals surface area contributed by atoms with Crippen LogP contribution in [0.4, 0.5) is 10.2 Å². The standard InChI is InChI=1S/C28H29FN4/c1-4-28(22-10-5-6-11-24(22)29)21-12-14-32(17-23(21)28)27-25-16-31-26(33(25)15-13-30-27)20-9-7-8-18(2)19(20)3/h5-11,13,15-16,21,23H,4,12,14,17H2,1-3H3/t21-,23+,28-/m1/s1. The fraction of sp³-hybridized carbons (Fsp3) is 0.357. The van der Waals surface area contributed by atoms with Crippen LogP contribution in [0.5, 0.6) is 0 Å². The first-order valence-corrected chi connectivity index (χ1v) is 11.9. The SMILES string of the molecule is CC[C@]1(c2ccccc2F)[C@@H]2CCN(c3nccn4c(-c5cccc(C)c5C)ncc34)C[C@@H]21. The molecule has 1 aliphatic heterocycles. The molecule has 1 saturated carbocycles. The molecule has 2 fully saturated rings. The van der Waals surface area contributed by atoms with Crippen molar-refractivity contribution in [3.05, 3.63) is 83.6 Å². The Balaban J connectivity index is 1.36. The van der Waals surface area contributed by atoms with Crippen LogP contribution < -0.4 is 4.90 Å². The van der Waals surface area contributed by atoms with Crippen LogP contribution in [0.1, 0.15) is 36.5 Å². The van der Waals surface area contributed by atoms with Gasteiger partial charge in [0.25, 0.3) is 0 Å². The molecule has 6 rings (SSSR count). The molecule has 0 bridgehead atoms. The maximum absolute atomic E-state index is 14.8. The van der Waals surface area contributed by atoms with Crippen molar-refractivity contribution in [2.45, 2.75) is 39.0 Å². The monoisotopic (exact) mass is 440 g/mol. The van der Waals surface area contributed by atoms with Gasteiger partial charge in [0.05, 0.1) is 6.20 Å². The molecule has 4 aromatic rings. The molecule has 33 heavy (non-hydrogen) atoms. The van der Waals surface area contributed by atoms with Crippen molar-refractivity contribution in [1.29, 1.82) is 0 Å². The zero-order valence-corrected chi connectivity index (χ0v) is 19.4. The summed E-state index contributed by atoms with van der Waals surface area (Å²) in [5.74, 6) is 2.87. The van der Waals surface area contributed by atoms with Crippen molar-refractivity contribution in [3.8, 4) is 11.4 Å². The minimum atomic E-state index is -0.0607. The highest BCUT2D eigenvalue weighted by molar-refractivity contribution is 5.74. The molecule has 3 atom stereocenters. The summed E-state index contributed by atoms with van der Waals surface area (Å²) in [6, 6.07) is 13.7. The Kier molecular flexibility index (Phi) is 4.58. The van der Waals surface area contributed by atoms with Crippen LogP contribution in [0.25, 0.3) is 16.9 Å². The van der Waals surface area contributed by atoms with E-state index in [2.05, 4.69) is 48.3 Å². The van der Waals surface area contributed by atoms with Gasteiger partial charge in [0, 0.05) is 36.5 Å². The van der Waals surface area contributed by atoms with Crippen LogP contribution in [0.3, 0.4) is 0 Å². The maximum Gasteiger partial charge on any atom is 0.154 e. The van der Waals surface area contributed by atoms with Gasteiger partial charge in [0.2, 0.25) is 0 Å². The van der Waals surface area contributed by atoms with E-state index in [-0.39, 0.29) is 11.2 Å². The third-order valence-electron chi connectivity index (χ3n) is 8.37. The lowest BCUT2D eigenvalue weighted by Gasteiger charge is -2.27. The fourth-order valence-electron chi connectivity index (χ4n) is 6.47. The van der Waals surface area contributed by atoms with Gasteiger partial charge in [-0.2, -0.15) is 0 Å². The summed E-state index contributed by atoms with van der Waals surface area (Å²) in [5.41, 5.74) is 5.54. The Morgan fingerprint density at radius 2 is 1.91 bits per heavy atom. The van der Waals surface area contributed by atoms with E-state index < -0.39 is 0 Å². The quantitative estimate of drug-likeness (QED) is 0.393. The maximum atomic E-state index is 14.8. The average molecular weight is 441 g/mol. The van der Waals surface area contributed by atoms with Gasteiger partial charge in [-0.05, 0) is 61.3 Å². The Bertz CT molecular complexity index is 1360. The number of aromatic nitrogens is 3. The molecule has 0 radical (unpaired) electrons. The van der Waals surface area contributed by atoms with Crippen molar-refractivity contribution in [1.82, 2.24) is 14.4 Å². The minimum absolute atomic E-state index is 0.0464. The largest absolute Gasteiger partial charge is 0.355 e. The number of imidazole rings is 1. The van der Waals surface area contributed by atoms with Crippen LogP contribution in [-0.4, -0.2) is 27.5 Å². The van der Waals surface area contributed by atoms with Crippen molar-refractivity contribution in [2.24, 2.45) is 11.8 Å². The van der Waals surface area contributed by atoms with Gasteiger partial charge in [-0.3, -0.25) is 4.40 Å². The summed E-state index contributed by atoms with van der Waals surface area (Å²) in [6.07, 6.45) is 7.86. The highest BCUT2D eigenvalue weighted by Crippen LogP contribution is 2.65. The lowest BCUT2D eigenvalue weighted by Crippen LogP contribution is -2.32. The molecule has 3 heterocycles. The highest BCUT2D eigenvalue weighted by atomic mass is 19.1. The number of hydrogen-bond acceptors (Lipinski definition) is 3. The number of aryl methyl sites for hydroxylation is 1. The van der Waals surface area contributed by atoms with Gasteiger partial charge in [-0.15, -0.1) is 0 Å². The minimum Gasteiger partial charge on any atom is -0.355 e. The van der Waals surface area contributed by atoms with Gasteiger partial charge in [0.1, 0.15) is 17.2 Å². The first kappa shape index (κ1) is 20.4. The summed E-state index contributed by atoms with van der Waals surface area (Å²) >= 11 is 0. The second kappa shape index (κ2) is 7.41. The number of piperidine rings is 1. The van der Waals surface area contributed by atoms with Crippen molar-refractivity contribution < 1.29 is 4.39 Å². The predicted octanol–water partition coefficient (Wildman–Crippen LogP) is 5.96. The molecule has 5 heteroatoms. The van der Waals surface area contributed by atoms with Gasteiger partial charge in [-0.1, -0.05) is 43.3 Å². The lowest BCUT2D eigenvalue weighted by atomic mass is 9.88. The van der Waals surface area contributed by atoms with Crippen LogP contribution >= 0.6 is 0 Å². The fourth-order valence-corrected chi connectivity index (χ4v) is 6.47. The summed E-state index contributed by atoms with van der Waals surface area (Å²) in [7, 11) is 0. The van der Waals surface area contributed by atoms with E-state index in [0.29, 0.717) is 11.8 Å². The number of fused-ring (bicyclic) bond motifs is 2. The average Bonchev–Trinajstić information content (AvgIpc) is 3.28. The normalized spacial score (nSPS) is 24.2. The molecule has 2 aromatic heterocycles. The predicted molar refractivity (Wildman–Crippen MR) is 130 cm³/mol. The number of nitrogens with zero attached hydrogens (tertiary/aromatic N) is 4. The highest BCUT2D eigenvalue weighted by Gasteiger charge is 2.66. The number of anilines is 1. The van der Waals surface area contributed by atoms with Crippen LogP contribution in [0.2, 0.25) is 0 Å². The number of rotatable bonds is 4. The molecular weight excluding hydrogens is 411 g/mol. The first-order valence-electron chi connectivity index (χ1n) is 11.9.